The molecule has 0 aromatic heterocycles. The Morgan fingerprint density at radius 1 is 0.533 bits per heavy atom. The Bertz CT molecular complexity index is 732. The van der Waals surface area contributed by atoms with Crippen molar-refractivity contribution < 1.29 is 52.2 Å². The quantitative estimate of drug-likeness (QED) is 0.0562. The highest BCUT2D eigenvalue weighted by molar-refractivity contribution is 5.69. The van der Waals surface area contributed by atoms with E-state index in [4.69, 9.17) is 47.4 Å². The van der Waals surface area contributed by atoms with Crippen LogP contribution in [-0.2, 0) is 52.2 Å². The summed E-state index contributed by atoms with van der Waals surface area (Å²) in [5.41, 5.74) is -1.06. The molecule has 0 spiro atoms. The average molecular weight is 649 g/mol. The number of carbonyl (C=O) groups excluding carboxylic acids is 1. The van der Waals surface area contributed by atoms with Crippen LogP contribution in [0.5, 0.6) is 0 Å². The van der Waals surface area contributed by atoms with Crippen LogP contribution in [0.3, 0.4) is 0 Å². The Hall–Kier alpha value is -1.41. The highest BCUT2D eigenvalue weighted by Crippen LogP contribution is 2.17. The van der Waals surface area contributed by atoms with Gasteiger partial charge in [0.25, 0.3) is 0 Å². The van der Waals surface area contributed by atoms with Crippen molar-refractivity contribution in [1.82, 2.24) is 0 Å². The third-order valence-electron chi connectivity index (χ3n) is 5.98. The summed E-state index contributed by atoms with van der Waals surface area (Å²) in [5.74, 6) is -0.262. The molecule has 0 radical (unpaired) electrons. The molecule has 0 aliphatic heterocycles. The van der Waals surface area contributed by atoms with Crippen LogP contribution < -0.4 is 0 Å². The number of hydrogen-bond acceptors (Lipinski definition) is 11. The molecule has 0 fully saturated rings. The maximum Gasteiger partial charge on any atom is 0.308 e. The highest BCUT2D eigenvalue weighted by Gasteiger charge is 2.21. The summed E-state index contributed by atoms with van der Waals surface area (Å²) in [6.07, 6.45) is 7.29. The number of carbonyl (C=O) groups is 1. The molecule has 0 aliphatic carbocycles. The lowest BCUT2D eigenvalue weighted by Crippen LogP contribution is -2.32. The number of allylic oxidation sites excluding steroid dienone is 2. The fourth-order valence-corrected chi connectivity index (χ4v) is 3.47. The lowest BCUT2D eigenvalue weighted by atomic mass is 10.1. The smallest absolute Gasteiger partial charge is 0.308 e. The molecule has 0 heterocycles. The van der Waals surface area contributed by atoms with Crippen molar-refractivity contribution >= 4 is 5.97 Å². The molecule has 0 bridgehead atoms. The molecule has 45 heavy (non-hydrogen) atoms. The van der Waals surface area contributed by atoms with E-state index in [1.165, 1.54) is 0 Å². The summed E-state index contributed by atoms with van der Waals surface area (Å²) < 4.78 is 55.9. The molecule has 0 aromatic rings. The summed E-state index contributed by atoms with van der Waals surface area (Å²) in [6, 6.07) is 0. The normalized spacial score (nSPS) is 12.7. The van der Waals surface area contributed by atoms with Crippen molar-refractivity contribution in [3.8, 4) is 0 Å². The van der Waals surface area contributed by atoms with Crippen molar-refractivity contribution in [3.05, 3.63) is 24.8 Å². The van der Waals surface area contributed by atoms with Crippen LogP contribution >= 0.6 is 0 Å². The minimum absolute atomic E-state index is 0.234. The Balaban J connectivity index is 3.51. The van der Waals surface area contributed by atoms with Gasteiger partial charge in [-0.1, -0.05) is 24.8 Å². The van der Waals surface area contributed by atoms with Gasteiger partial charge in [0.05, 0.1) is 110 Å². The van der Waals surface area contributed by atoms with Crippen molar-refractivity contribution in [2.24, 2.45) is 0 Å². The Morgan fingerprint density at radius 3 is 1.31 bits per heavy atom. The van der Waals surface area contributed by atoms with Crippen LogP contribution in [-0.4, -0.2) is 128 Å². The third kappa shape index (κ3) is 33.8. The molecular formula is C34H64O11. The van der Waals surface area contributed by atoms with Gasteiger partial charge < -0.3 is 47.4 Å². The van der Waals surface area contributed by atoms with Gasteiger partial charge in [-0.25, -0.2) is 0 Å². The molecule has 0 rings (SSSR count). The topological polar surface area (TPSA) is 109 Å². The van der Waals surface area contributed by atoms with E-state index in [-0.39, 0.29) is 23.6 Å². The van der Waals surface area contributed by atoms with Gasteiger partial charge in [-0.05, 0) is 61.3 Å². The van der Waals surface area contributed by atoms with Gasteiger partial charge in [0.15, 0.2) is 0 Å². The molecule has 0 unspecified atom stereocenters. The fraction of sp³-hybridized carbons (Fsp3) is 0.853. The second kappa shape index (κ2) is 27.7. The Morgan fingerprint density at radius 2 is 0.911 bits per heavy atom. The van der Waals surface area contributed by atoms with Crippen LogP contribution in [0, 0.1) is 0 Å². The number of ether oxygens (including phenoxy) is 10. The first-order valence-corrected chi connectivity index (χ1v) is 16.2. The van der Waals surface area contributed by atoms with Crippen LogP contribution in [0.1, 0.15) is 67.7 Å². The van der Waals surface area contributed by atoms with Crippen molar-refractivity contribution in [3.63, 3.8) is 0 Å². The standard InChI is InChI=1S/C34H64O11/c1-9-10-11-15-36-19-21-38-17-13-33(5,6)43-29-30-44-34(7,8)14-18-39-22-24-41-26-28-42-27-25-40-23-20-37-16-12-31(35)45-32(2,3)4/h9-11H,1,12-30H2,2-8H3/b11-10+. The van der Waals surface area contributed by atoms with Gasteiger partial charge in [0, 0.05) is 13.2 Å². The molecule has 0 atom stereocenters. The first-order valence-electron chi connectivity index (χ1n) is 16.2. The van der Waals surface area contributed by atoms with E-state index in [1.54, 1.807) is 6.08 Å². The molecule has 11 nitrogen and oxygen atoms in total. The number of rotatable bonds is 32. The number of esters is 1. The molecule has 266 valence electrons. The minimum Gasteiger partial charge on any atom is -0.460 e. The third-order valence-corrected chi connectivity index (χ3v) is 5.98. The summed E-state index contributed by atoms with van der Waals surface area (Å²) in [5, 5.41) is 0. The predicted molar refractivity (Wildman–Crippen MR) is 175 cm³/mol. The maximum atomic E-state index is 11.6. The van der Waals surface area contributed by atoms with Gasteiger partial charge in [0.2, 0.25) is 0 Å². The molecule has 0 saturated heterocycles. The van der Waals surface area contributed by atoms with Gasteiger partial charge in [-0.15, -0.1) is 0 Å². The first-order chi connectivity index (χ1) is 21.4. The van der Waals surface area contributed by atoms with E-state index >= 15 is 0 Å². The SMILES string of the molecule is C=C/C=C/COCCOCCC(C)(C)OCCOC(C)(C)CCOCCOCCOCCOCCOCCC(=O)OC(C)(C)C. The monoisotopic (exact) mass is 648 g/mol. The largest absolute Gasteiger partial charge is 0.460 e. The van der Waals surface area contributed by atoms with Crippen LogP contribution in [0.15, 0.2) is 24.8 Å². The second-order valence-electron chi connectivity index (χ2n) is 12.5. The number of hydrogen-bond donors (Lipinski definition) is 0. The van der Waals surface area contributed by atoms with E-state index in [9.17, 15) is 4.79 Å². The molecular weight excluding hydrogens is 584 g/mol. The molecule has 0 aromatic carbocycles. The van der Waals surface area contributed by atoms with Gasteiger partial charge >= 0.3 is 5.97 Å². The summed E-state index contributed by atoms with van der Waals surface area (Å²) in [4.78, 5) is 11.6. The summed E-state index contributed by atoms with van der Waals surface area (Å²) >= 11 is 0. The van der Waals surface area contributed by atoms with Gasteiger partial charge in [-0.3, -0.25) is 4.79 Å². The van der Waals surface area contributed by atoms with E-state index in [0.717, 1.165) is 12.8 Å². The molecule has 11 heteroatoms. The lowest BCUT2D eigenvalue weighted by molar-refractivity contribution is -0.156. The molecule has 0 N–H and O–H groups in total. The molecule has 0 aliphatic rings. The average Bonchev–Trinajstić information content (AvgIpc) is 2.95. The second-order valence-corrected chi connectivity index (χ2v) is 12.5. The maximum absolute atomic E-state index is 11.6. The van der Waals surface area contributed by atoms with E-state index in [2.05, 4.69) is 34.3 Å². The molecule has 0 saturated carbocycles. The zero-order valence-electron chi connectivity index (χ0n) is 29.4. The summed E-state index contributed by atoms with van der Waals surface area (Å²) in [6.45, 7) is 25.5. The van der Waals surface area contributed by atoms with Crippen molar-refractivity contribution in [2.45, 2.75) is 84.5 Å². The lowest BCUT2D eigenvalue weighted by Gasteiger charge is -2.28. The van der Waals surface area contributed by atoms with E-state index < -0.39 is 5.60 Å². The predicted octanol–water partition coefficient (Wildman–Crippen LogP) is 4.95. The van der Waals surface area contributed by atoms with Gasteiger partial charge in [-0.2, -0.15) is 0 Å². The zero-order valence-corrected chi connectivity index (χ0v) is 29.4. The van der Waals surface area contributed by atoms with Gasteiger partial charge in [0.1, 0.15) is 5.60 Å². The van der Waals surface area contributed by atoms with Crippen LogP contribution in [0.4, 0.5) is 0 Å². The highest BCUT2D eigenvalue weighted by atomic mass is 16.6. The van der Waals surface area contributed by atoms with E-state index in [1.807, 2.05) is 32.9 Å². The molecule has 0 amide bonds. The van der Waals surface area contributed by atoms with Crippen LogP contribution in [0.2, 0.25) is 0 Å². The van der Waals surface area contributed by atoms with Crippen LogP contribution in [0.25, 0.3) is 0 Å². The Kier molecular flexibility index (Phi) is 26.8. The zero-order chi connectivity index (χ0) is 33.7. The fourth-order valence-electron chi connectivity index (χ4n) is 3.47. The minimum atomic E-state index is -0.472. The first kappa shape index (κ1) is 43.6. The van der Waals surface area contributed by atoms with Crippen molar-refractivity contribution in [1.29, 1.82) is 0 Å². The van der Waals surface area contributed by atoms with Crippen molar-refractivity contribution in [2.75, 3.05) is 106 Å². The summed E-state index contributed by atoms with van der Waals surface area (Å²) in [7, 11) is 0. The Labute approximate surface area is 273 Å². The van der Waals surface area contributed by atoms with E-state index in [0.29, 0.717) is 106 Å².